The number of halogens is 1. The van der Waals surface area contributed by atoms with Crippen LogP contribution in [0.4, 0.5) is 0 Å². The molecule has 0 radical (unpaired) electrons. The van der Waals surface area contributed by atoms with Gasteiger partial charge in [-0.2, -0.15) is 0 Å². The Kier molecular flexibility index (Phi) is 6.40. The minimum atomic E-state index is -3.56. The quantitative estimate of drug-likeness (QED) is 0.758. The molecule has 0 fully saturated rings. The van der Waals surface area contributed by atoms with Gasteiger partial charge in [0.2, 0.25) is 10.0 Å². The molecule has 1 unspecified atom stereocenters. The fourth-order valence-corrected chi connectivity index (χ4v) is 3.64. The van der Waals surface area contributed by atoms with Crippen molar-refractivity contribution in [3.63, 3.8) is 0 Å². The summed E-state index contributed by atoms with van der Waals surface area (Å²) in [6, 6.07) is 14.1. The number of rotatable bonds is 7. The van der Waals surface area contributed by atoms with E-state index in [9.17, 15) is 8.42 Å². The molecule has 2 aromatic rings. The number of likely N-dealkylation sites (N-methyl/N-ethyl adjacent to an activating group) is 1. The zero-order valence-electron chi connectivity index (χ0n) is 13.9. The van der Waals surface area contributed by atoms with Crippen LogP contribution in [0.2, 0.25) is 0 Å². The van der Waals surface area contributed by atoms with Gasteiger partial charge in [-0.1, -0.05) is 28.1 Å². The van der Waals surface area contributed by atoms with Crippen molar-refractivity contribution in [1.82, 2.24) is 9.62 Å². The molecular formula is C17H21BrN2O3S. The number of benzene rings is 2. The Bertz CT molecular complexity index is 777. The van der Waals surface area contributed by atoms with Gasteiger partial charge in [-0.05, 0) is 56.1 Å². The highest BCUT2D eigenvalue weighted by molar-refractivity contribution is 9.10. The Labute approximate surface area is 151 Å². The molecule has 24 heavy (non-hydrogen) atoms. The van der Waals surface area contributed by atoms with Crippen molar-refractivity contribution in [2.75, 3.05) is 27.7 Å². The van der Waals surface area contributed by atoms with Gasteiger partial charge in [0.05, 0.1) is 12.0 Å². The fourth-order valence-electron chi connectivity index (χ4n) is 2.33. The Hall–Kier alpha value is -1.41. The molecule has 0 bridgehead atoms. The summed E-state index contributed by atoms with van der Waals surface area (Å²) in [6.07, 6.45) is 0. The summed E-state index contributed by atoms with van der Waals surface area (Å²) in [7, 11) is 1.88. The summed E-state index contributed by atoms with van der Waals surface area (Å²) in [4.78, 5) is 2.22. The molecule has 2 aromatic carbocycles. The van der Waals surface area contributed by atoms with E-state index in [1.54, 1.807) is 31.4 Å². The van der Waals surface area contributed by atoms with Gasteiger partial charge in [0.25, 0.3) is 0 Å². The summed E-state index contributed by atoms with van der Waals surface area (Å²) in [6.45, 7) is 0.262. The first-order valence-electron chi connectivity index (χ1n) is 7.39. The van der Waals surface area contributed by atoms with Crippen molar-refractivity contribution in [3.8, 4) is 5.75 Å². The summed E-state index contributed by atoms with van der Waals surface area (Å²) in [5.41, 5.74) is 0.984. The smallest absolute Gasteiger partial charge is 0.240 e. The van der Waals surface area contributed by atoms with Gasteiger partial charge in [0.15, 0.2) is 0 Å². The predicted molar refractivity (Wildman–Crippen MR) is 98.8 cm³/mol. The SMILES string of the molecule is COc1cccc(C(CNS(=O)(=O)c2ccc(Br)cc2)N(C)C)c1. The van der Waals surface area contributed by atoms with Crippen LogP contribution in [0.15, 0.2) is 57.9 Å². The number of sulfonamides is 1. The Morgan fingerprint density at radius 3 is 2.42 bits per heavy atom. The van der Waals surface area contributed by atoms with Gasteiger partial charge < -0.3 is 9.64 Å². The maximum atomic E-state index is 12.5. The van der Waals surface area contributed by atoms with Crippen LogP contribution in [0, 0.1) is 0 Å². The molecule has 0 amide bonds. The van der Waals surface area contributed by atoms with Gasteiger partial charge in [-0.3, -0.25) is 0 Å². The summed E-state index contributed by atoms with van der Waals surface area (Å²) in [5.74, 6) is 0.745. The molecule has 1 atom stereocenters. The largest absolute Gasteiger partial charge is 0.497 e. The van der Waals surface area contributed by atoms with E-state index in [1.807, 2.05) is 43.3 Å². The molecule has 5 nitrogen and oxygen atoms in total. The fraction of sp³-hybridized carbons (Fsp3) is 0.294. The van der Waals surface area contributed by atoms with Crippen LogP contribution in [0.25, 0.3) is 0 Å². The second kappa shape index (κ2) is 8.11. The number of nitrogens with zero attached hydrogens (tertiary/aromatic N) is 1. The third kappa shape index (κ3) is 4.80. The molecule has 1 N–H and O–H groups in total. The van der Waals surface area contributed by atoms with Crippen LogP contribution in [0.3, 0.4) is 0 Å². The molecule has 0 aliphatic rings. The molecule has 2 rings (SSSR count). The van der Waals surface area contributed by atoms with Crippen molar-refractivity contribution >= 4 is 26.0 Å². The van der Waals surface area contributed by atoms with Crippen LogP contribution in [0.1, 0.15) is 11.6 Å². The normalized spacial score (nSPS) is 13.0. The zero-order chi connectivity index (χ0) is 17.7. The van der Waals surface area contributed by atoms with Crippen LogP contribution < -0.4 is 9.46 Å². The van der Waals surface area contributed by atoms with Gasteiger partial charge in [0, 0.05) is 17.1 Å². The molecule has 130 valence electrons. The first-order chi connectivity index (χ1) is 11.3. The first-order valence-corrected chi connectivity index (χ1v) is 9.66. The van der Waals surface area contributed by atoms with Crippen LogP contribution >= 0.6 is 15.9 Å². The highest BCUT2D eigenvalue weighted by Gasteiger charge is 2.20. The van der Waals surface area contributed by atoms with E-state index in [4.69, 9.17) is 4.74 Å². The first kappa shape index (κ1) is 18.9. The molecule has 7 heteroatoms. The van der Waals surface area contributed by atoms with Gasteiger partial charge >= 0.3 is 0 Å². The lowest BCUT2D eigenvalue weighted by Gasteiger charge is -2.25. The summed E-state index contributed by atoms with van der Waals surface area (Å²) in [5, 5.41) is 0. The van der Waals surface area contributed by atoms with E-state index in [0.717, 1.165) is 15.8 Å². The second-order valence-corrected chi connectivity index (χ2v) is 8.24. The summed E-state index contributed by atoms with van der Waals surface area (Å²) >= 11 is 3.30. The average Bonchev–Trinajstić information content (AvgIpc) is 2.55. The second-order valence-electron chi connectivity index (χ2n) is 5.56. The van der Waals surface area contributed by atoms with Crippen molar-refractivity contribution in [2.45, 2.75) is 10.9 Å². The van der Waals surface area contributed by atoms with E-state index in [2.05, 4.69) is 20.7 Å². The molecule has 0 aliphatic carbocycles. The zero-order valence-corrected chi connectivity index (χ0v) is 16.3. The van der Waals surface area contributed by atoms with E-state index < -0.39 is 10.0 Å². The molecule has 0 heterocycles. The molecule has 0 aromatic heterocycles. The van der Waals surface area contributed by atoms with Crippen molar-refractivity contribution in [2.24, 2.45) is 0 Å². The topological polar surface area (TPSA) is 58.6 Å². The average molecular weight is 413 g/mol. The van der Waals surface area contributed by atoms with Gasteiger partial charge in [0.1, 0.15) is 5.75 Å². The van der Waals surface area contributed by atoms with E-state index in [0.29, 0.717) is 0 Å². The monoisotopic (exact) mass is 412 g/mol. The Balaban J connectivity index is 2.17. The van der Waals surface area contributed by atoms with Crippen molar-refractivity contribution in [3.05, 3.63) is 58.6 Å². The maximum Gasteiger partial charge on any atom is 0.240 e. The van der Waals surface area contributed by atoms with Crippen LogP contribution in [-0.2, 0) is 10.0 Å². The van der Waals surface area contributed by atoms with E-state index in [1.165, 1.54) is 0 Å². The minimum Gasteiger partial charge on any atom is -0.497 e. The van der Waals surface area contributed by atoms with Crippen molar-refractivity contribution in [1.29, 1.82) is 0 Å². The maximum absolute atomic E-state index is 12.5. The van der Waals surface area contributed by atoms with E-state index in [-0.39, 0.29) is 17.5 Å². The van der Waals surface area contributed by atoms with Crippen LogP contribution in [0.5, 0.6) is 5.75 Å². The standard InChI is InChI=1S/C17H21BrN2O3S/c1-20(2)17(13-5-4-6-15(11-13)23-3)12-19-24(21,22)16-9-7-14(18)8-10-16/h4-11,17,19H,12H2,1-3H3. The van der Waals surface area contributed by atoms with E-state index >= 15 is 0 Å². The molecule has 0 spiro atoms. The highest BCUT2D eigenvalue weighted by atomic mass is 79.9. The number of hydrogen-bond donors (Lipinski definition) is 1. The lowest BCUT2D eigenvalue weighted by molar-refractivity contribution is 0.298. The minimum absolute atomic E-state index is 0.106. The lowest BCUT2D eigenvalue weighted by atomic mass is 10.1. The predicted octanol–water partition coefficient (Wildman–Crippen LogP) is 3.04. The van der Waals surface area contributed by atoms with Gasteiger partial charge in [-0.15, -0.1) is 0 Å². The number of methoxy groups -OCH3 is 1. The Morgan fingerprint density at radius 1 is 1.17 bits per heavy atom. The Morgan fingerprint density at radius 2 is 1.83 bits per heavy atom. The third-order valence-electron chi connectivity index (χ3n) is 3.69. The van der Waals surface area contributed by atoms with Crippen molar-refractivity contribution < 1.29 is 13.2 Å². The number of ether oxygens (including phenoxy) is 1. The molecule has 0 saturated carbocycles. The highest BCUT2D eigenvalue weighted by Crippen LogP contribution is 2.23. The lowest BCUT2D eigenvalue weighted by Crippen LogP contribution is -2.34. The molecular weight excluding hydrogens is 392 g/mol. The number of nitrogens with one attached hydrogen (secondary N) is 1. The van der Waals surface area contributed by atoms with Crippen LogP contribution in [-0.4, -0.2) is 41.1 Å². The van der Waals surface area contributed by atoms with Gasteiger partial charge in [-0.25, -0.2) is 13.1 Å². The summed E-state index contributed by atoms with van der Waals surface area (Å²) < 4.78 is 33.7. The molecule has 0 aliphatic heterocycles. The third-order valence-corrected chi connectivity index (χ3v) is 5.66. The molecule has 0 saturated heterocycles. The number of hydrogen-bond acceptors (Lipinski definition) is 4.